The molecule has 0 aromatic heterocycles. The lowest BCUT2D eigenvalue weighted by Crippen LogP contribution is -2.06. The second-order valence-electron chi connectivity index (χ2n) is 3.31. The maximum absolute atomic E-state index is 12.0. The fraction of sp³-hybridized carbons (Fsp3) is 0.500. The summed E-state index contributed by atoms with van der Waals surface area (Å²) in [5, 5.41) is 0. The highest BCUT2D eigenvalue weighted by Gasteiger charge is 2.31. The van der Waals surface area contributed by atoms with E-state index in [1.165, 1.54) is 31.9 Å². The highest BCUT2D eigenvalue weighted by molar-refractivity contribution is 5.27. The lowest BCUT2D eigenvalue weighted by Gasteiger charge is -2.08. The van der Waals surface area contributed by atoms with Gasteiger partial charge in [0.05, 0.1) is 5.56 Å². The van der Waals surface area contributed by atoms with Crippen molar-refractivity contribution in [3.05, 3.63) is 35.4 Å². The summed E-state index contributed by atoms with van der Waals surface area (Å²) in [6.45, 7) is 5.81. The molecule has 1 rings (SSSR count). The molecule has 0 aliphatic carbocycles. The molecule has 15 heavy (non-hydrogen) atoms. The number of hydrogen-bond acceptors (Lipinski definition) is 0. The third kappa shape index (κ3) is 5.45. The summed E-state index contributed by atoms with van der Waals surface area (Å²) in [5.41, 5.74) is -0.292. The van der Waals surface area contributed by atoms with Crippen molar-refractivity contribution < 1.29 is 13.2 Å². The first-order valence-electron chi connectivity index (χ1n) is 5.06. The van der Waals surface area contributed by atoms with Crippen LogP contribution >= 0.6 is 0 Å². The fourth-order valence-corrected chi connectivity index (χ4v) is 0.891. The Kier molecular flexibility index (Phi) is 6.06. The Hall–Kier alpha value is -0.990. The molecular weight excluding hydrogens is 201 g/mol. The number of benzene rings is 1. The van der Waals surface area contributed by atoms with Crippen molar-refractivity contribution in [1.29, 1.82) is 0 Å². The predicted octanol–water partition coefficient (Wildman–Crippen LogP) is 4.82. The number of aryl methyl sites for hydroxylation is 1. The zero-order valence-electron chi connectivity index (χ0n) is 9.36. The maximum Gasteiger partial charge on any atom is 0.416 e. The summed E-state index contributed by atoms with van der Waals surface area (Å²) < 4.78 is 36.1. The minimum Gasteiger partial charge on any atom is -0.166 e. The molecule has 1 aromatic carbocycles. The molecular formula is C12H17F3. The minimum absolute atomic E-state index is 0.264. The van der Waals surface area contributed by atoms with Gasteiger partial charge in [-0.2, -0.15) is 13.2 Å². The molecule has 0 saturated carbocycles. The molecule has 0 N–H and O–H groups in total. The Morgan fingerprint density at radius 3 is 1.73 bits per heavy atom. The van der Waals surface area contributed by atoms with Crippen LogP contribution in [-0.4, -0.2) is 0 Å². The van der Waals surface area contributed by atoms with Crippen LogP contribution in [0, 0.1) is 6.92 Å². The van der Waals surface area contributed by atoms with Crippen LogP contribution in [0.5, 0.6) is 0 Å². The second kappa shape index (κ2) is 6.49. The van der Waals surface area contributed by atoms with Gasteiger partial charge in [-0.25, -0.2) is 0 Å². The summed E-state index contributed by atoms with van der Waals surface area (Å²) in [5.74, 6) is 0. The van der Waals surface area contributed by atoms with Crippen molar-refractivity contribution in [3.63, 3.8) is 0 Å². The van der Waals surface area contributed by atoms with Gasteiger partial charge in [0.25, 0.3) is 0 Å². The van der Waals surface area contributed by atoms with Crippen LogP contribution in [0.25, 0.3) is 0 Å². The molecule has 86 valence electrons. The Morgan fingerprint density at radius 1 is 1.00 bits per heavy atom. The average Bonchev–Trinajstić information content (AvgIpc) is 2.17. The molecule has 0 atom stereocenters. The van der Waals surface area contributed by atoms with Crippen molar-refractivity contribution in [2.24, 2.45) is 0 Å². The van der Waals surface area contributed by atoms with Gasteiger partial charge < -0.3 is 0 Å². The number of hydrogen-bond donors (Lipinski definition) is 0. The molecule has 0 saturated heterocycles. The highest BCUT2D eigenvalue weighted by atomic mass is 19.4. The summed E-state index contributed by atoms with van der Waals surface area (Å²) in [6.07, 6.45) is -1.58. The third-order valence-corrected chi connectivity index (χ3v) is 1.95. The zero-order chi connectivity index (χ0) is 11.9. The van der Waals surface area contributed by atoms with Gasteiger partial charge in [0.15, 0.2) is 0 Å². The molecule has 0 aliphatic heterocycles. The summed E-state index contributed by atoms with van der Waals surface area (Å²) >= 11 is 0. The van der Waals surface area contributed by atoms with E-state index in [4.69, 9.17) is 0 Å². The second-order valence-corrected chi connectivity index (χ2v) is 3.31. The Morgan fingerprint density at radius 2 is 1.47 bits per heavy atom. The van der Waals surface area contributed by atoms with Crippen molar-refractivity contribution in [2.45, 2.75) is 39.8 Å². The molecule has 0 aliphatic rings. The van der Waals surface area contributed by atoms with Gasteiger partial charge in [0, 0.05) is 0 Å². The van der Waals surface area contributed by atoms with E-state index in [0.29, 0.717) is 0 Å². The van der Waals surface area contributed by atoms with Crippen LogP contribution in [-0.2, 0) is 6.18 Å². The average molecular weight is 218 g/mol. The number of halogens is 3. The van der Waals surface area contributed by atoms with Crippen LogP contribution in [0.1, 0.15) is 37.8 Å². The van der Waals surface area contributed by atoms with E-state index < -0.39 is 11.7 Å². The van der Waals surface area contributed by atoms with Crippen LogP contribution in [0.4, 0.5) is 13.2 Å². The topological polar surface area (TPSA) is 0 Å². The first-order valence-corrected chi connectivity index (χ1v) is 5.06. The largest absolute Gasteiger partial charge is 0.416 e. The van der Waals surface area contributed by atoms with E-state index >= 15 is 0 Å². The molecule has 0 radical (unpaired) electrons. The minimum atomic E-state index is -4.22. The molecule has 0 bridgehead atoms. The predicted molar refractivity (Wildman–Crippen MR) is 56.8 cm³/mol. The summed E-state index contributed by atoms with van der Waals surface area (Å²) in [6, 6.07) is 5.50. The highest BCUT2D eigenvalue weighted by Crippen LogP contribution is 2.31. The molecule has 0 amide bonds. The lowest BCUT2D eigenvalue weighted by atomic mass is 10.1. The van der Waals surface area contributed by atoms with Crippen LogP contribution in [0.2, 0.25) is 0 Å². The Labute approximate surface area is 89.1 Å². The van der Waals surface area contributed by atoms with Crippen molar-refractivity contribution in [3.8, 4) is 0 Å². The number of rotatable bonds is 1. The van der Waals surface area contributed by atoms with E-state index in [0.717, 1.165) is 6.07 Å². The van der Waals surface area contributed by atoms with E-state index in [2.05, 4.69) is 13.8 Å². The van der Waals surface area contributed by atoms with E-state index in [1.807, 2.05) is 0 Å². The quantitative estimate of drug-likeness (QED) is 0.634. The van der Waals surface area contributed by atoms with Gasteiger partial charge in [-0.1, -0.05) is 44.9 Å². The normalized spacial score (nSPS) is 10.5. The molecule has 0 nitrogen and oxygen atoms in total. The standard InChI is InChI=1S/C8H7F3.C4H10/c1-6-4-2-3-5-7(6)8(9,10)11;1-3-4-2/h2-5H,1H3;3-4H2,1-2H3. The van der Waals surface area contributed by atoms with Crippen LogP contribution < -0.4 is 0 Å². The van der Waals surface area contributed by atoms with Gasteiger partial charge >= 0.3 is 6.18 Å². The van der Waals surface area contributed by atoms with Crippen molar-refractivity contribution >= 4 is 0 Å². The van der Waals surface area contributed by atoms with Gasteiger partial charge in [-0.3, -0.25) is 0 Å². The Bertz CT molecular complexity index is 274. The van der Waals surface area contributed by atoms with Gasteiger partial charge in [0.1, 0.15) is 0 Å². The van der Waals surface area contributed by atoms with E-state index in [9.17, 15) is 13.2 Å². The van der Waals surface area contributed by atoms with Crippen LogP contribution in [0.15, 0.2) is 24.3 Å². The van der Waals surface area contributed by atoms with Crippen molar-refractivity contribution in [1.82, 2.24) is 0 Å². The number of alkyl halides is 3. The molecule has 0 spiro atoms. The molecule has 1 aromatic rings. The lowest BCUT2D eigenvalue weighted by molar-refractivity contribution is -0.138. The molecule has 3 heteroatoms. The fourth-order valence-electron chi connectivity index (χ4n) is 0.891. The molecule has 0 unspecified atom stereocenters. The summed E-state index contributed by atoms with van der Waals surface area (Å²) in [7, 11) is 0. The molecule has 0 fully saturated rings. The Balaban J connectivity index is 0.000000423. The van der Waals surface area contributed by atoms with E-state index in [-0.39, 0.29) is 5.56 Å². The van der Waals surface area contributed by atoms with Gasteiger partial charge in [0.2, 0.25) is 0 Å². The molecule has 0 heterocycles. The SMILES string of the molecule is CCCC.Cc1ccccc1C(F)(F)F. The first kappa shape index (κ1) is 14.0. The summed E-state index contributed by atoms with van der Waals surface area (Å²) in [4.78, 5) is 0. The monoisotopic (exact) mass is 218 g/mol. The van der Waals surface area contributed by atoms with E-state index in [1.54, 1.807) is 6.07 Å². The van der Waals surface area contributed by atoms with Crippen LogP contribution in [0.3, 0.4) is 0 Å². The number of unbranched alkanes of at least 4 members (excludes halogenated alkanes) is 1. The maximum atomic E-state index is 12.0. The first-order chi connectivity index (χ1) is 6.93. The van der Waals surface area contributed by atoms with Crippen molar-refractivity contribution in [2.75, 3.05) is 0 Å². The van der Waals surface area contributed by atoms with Gasteiger partial charge in [-0.05, 0) is 18.6 Å². The van der Waals surface area contributed by atoms with Gasteiger partial charge in [-0.15, -0.1) is 0 Å². The zero-order valence-corrected chi connectivity index (χ0v) is 9.36. The third-order valence-electron chi connectivity index (χ3n) is 1.95. The smallest absolute Gasteiger partial charge is 0.166 e.